The van der Waals surface area contributed by atoms with Crippen molar-refractivity contribution in [2.45, 2.75) is 37.4 Å². The molecule has 1 aliphatic heterocycles. The number of ether oxygens (including phenoxy) is 6. The maximum atomic E-state index is 10.4. The van der Waals surface area contributed by atoms with E-state index in [1.807, 2.05) is 0 Å². The molecule has 39 heavy (non-hydrogen) atoms. The van der Waals surface area contributed by atoms with E-state index in [1.54, 1.807) is 24.3 Å². The van der Waals surface area contributed by atoms with Crippen molar-refractivity contribution in [2.75, 3.05) is 48.3 Å². The Labute approximate surface area is 226 Å². The fraction of sp³-hybridized carbons (Fsp3) is 0.556. The highest BCUT2D eigenvalue weighted by Crippen LogP contribution is 2.40. The van der Waals surface area contributed by atoms with Crippen LogP contribution in [0.25, 0.3) is 0 Å². The number of hydrogen-bond acceptors (Lipinski definition) is 12. The number of phenolic OH excluding ortho intramolecular Hbond substituents is 2. The first-order chi connectivity index (χ1) is 18.7. The molecule has 1 fully saturated rings. The molecule has 2 aromatic rings. The van der Waals surface area contributed by atoms with Crippen molar-refractivity contribution in [3.8, 4) is 34.5 Å². The number of benzene rings is 2. The topological polar surface area (TPSA) is 177 Å². The van der Waals surface area contributed by atoms with E-state index in [9.17, 15) is 30.6 Å². The van der Waals surface area contributed by atoms with Crippen LogP contribution in [0.4, 0.5) is 0 Å². The van der Waals surface area contributed by atoms with Gasteiger partial charge in [-0.15, -0.1) is 0 Å². The van der Waals surface area contributed by atoms with Crippen LogP contribution in [0, 0.1) is 11.8 Å². The molecule has 0 saturated carbocycles. The molecule has 1 heterocycles. The van der Waals surface area contributed by atoms with Gasteiger partial charge in [0.2, 0.25) is 11.5 Å². The second-order valence-corrected chi connectivity index (χ2v) is 9.39. The second-order valence-electron chi connectivity index (χ2n) is 9.39. The third kappa shape index (κ3) is 7.15. The van der Waals surface area contributed by atoms with Gasteiger partial charge in [-0.2, -0.15) is 0 Å². The molecule has 0 bridgehead atoms. The van der Waals surface area contributed by atoms with Crippen LogP contribution in [-0.4, -0.2) is 104 Å². The van der Waals surface area contributed by atoms with E-state index >= 15 is 0 Å². The zero-order valence-corrected chi connectivity index (χ0v) is 22.4. The minimum atomic E-state index is -1.47. The number of hydrogen-bond donors (Lipinski definition) is 6. The van der Waals surface area contributed by atoms with Gasteiger partial charge in [-0.3, -0.25) is 0 Å². The molecule has 2 aromatic carbocycles. The highest BCUT2D eigenvalue weighted by Gasteiger charge is 2.39. The van der Waals surface area contributed by atoms with Crippen molar-refractivity contribution in [1.82, 2.24) is 0 Å². The summed E-state index contributed by atoms with van der Waals surface area (Å²) in [6, 6.07) is 6.60. The van der Waals surface area contributed by atoms with Crippen molar-refractivity contribution < 1.29 is 59.1 Å². The molecule has 0 amide bonds. The molecule has 1 saturated heterocycles. The lowest BCUT2D eigenvalue weighted by Crippen LogP contribution is -2.54. The van der Waals surface area contributed by atoms with Crippen LogP contribution in [0.1, 0.15) is 11.1 Å². The van der Waals surface area contributed by atoms with Gasteiger partial charge in [-0.1, -0.05) is 0 Å². The molecule has 0 unspecified atom stereocenters. The van der Waals surface area contributed by atoms with E-state index in [0.29, 0.717) is 12.8 Å². The van der Waals surface area contributed by atoms with E-state index < -0.39 is 30.5 Å². The van der Waals surface area contributed by atoms with Gasteiger partial charge in [-0.25, -0.2) is 0 Å². The maximum Gasteiger partial charge on any atom is 0.200 e. The largest absolute Gasteiger partial charge is 0.502 e. The molecule has 12 heteroatoms. The molecular formula is C27H38O12. The van der Waals surface area contributed by atoms with Crippen LogP contribution in [0.5, 0.6) is 34.5 Å². The molecule has 0 radical (unpaired) electrons. The number of aliphatic hydroxyl groups is 4. The number of rotatable bonds is 13. The van der Waals surface area contributed by atoms with Crippen molar-refractivity contribution in [3.05, 3.63) is 35.4 Å². The average Bonchev–Trinajstić information content (AvgIpc) is 2.94. The lowest BCUT2D eigenvalue weighted by molar-refractivity contribution is -0.273. The second kappa shape index (κ2) is 13.9. The maximum absolute atomic E-state index is 10.4. The first-order valence-electron chi connectivity index (χ1n) is 12.4. The molecular weight excluding hydrogens is 516 g/mol. The fourth-order valence-corrected chi connectivity index (χ4v) is 4.62. The van der Waals surface area contributed by atoms with E-state index in [0.717, 1.165) is 11.1 Å². The molecule has 0 aliphatic carbocycles. The predicted molar refractivity (Wildman–Crippen MR) is 138 cm³/mol. The summed E-state index contributed by atoms with van der Waals surface area (Å²) in [7, 11) is 5.68. The summed E-state index contributed by atoms with van der Waals surface area (Å²) in [5.41, 5.74) is 1.44. The third-order valence-electron chi connectivity index (χ3n) is 6.90. The fourth-order valence-electron chi connectivity index (χ4n) is 4.62. The molecule has 12 nitrogen and oxygen atoms in total. The lowest BCUT2D eigenvalue weighted by atomic mass is 9.83. The summed E-state index contributed by atoms with van der Waals surface area (Å²) in [5, 5.41) is 61.2. The van der Waals surface area contributed by atoms with E-state index in [2.05, 4.69) is 0 Å². The normalized spacial score (nSPS) is 22.7. The van der Waals surface area contributed by atoms with Gasteiger partial charge in [0.05, 0.1) is 41.7 Å². The Morgan fingerprint density at radius 3 is 1.59 bits per heavy atom. The highest BCUT2D eigenvalue weighted by atomic mass is 16.7. The van der Waals surface area contributed by atoms with Gasteiger partial charge in [0.15, 0.2) is 29.3 Å². The summed E-state index contributed by atoms with van der Waals surface area (Å²) in [6.07, 6.45) is -4.67. The molecule has 0 aromatic heterocycles. The van der Waals surface area contributed by atoms with Gasteiger partial charge in [0, 0.05) is 6.61 Å². The summed E-state index contributed by atoms with van der Waals surface area (Å²) in [4.78, 5) is 0. The predicted octanol–water partition coefficient (Wildman–Crippen LogP) is 0.598. The summed E-state index contributed by atoms with van der Waals surface area (Å²) < 4.78 is 32.3. The van der Waals surface area contributed by atoms with Crippen molar-refractivity contribution >= 4 is 0 Å². The molecule has 1 aliphatic rings. The van der Waals surface area contributed by atoms with Crippen LogP contribution in [-0.2, 0) is 22.3 Å². The van der Waals surface area contributed by atoms with Gasteiger partial charge >= 0.3 is 0 Å². The quantitative estimate of drug-likeness (QED) is 0.204. The smallest absolute Gasteiger partial charge is 0.200 e. The standard InChI is InChI=1S/C27H38O12/c1-34-19-7-14(8-20(35-2)24(19)31)5-16(11-28)17(12-38-27-26(33)23(30)18(29)13-39-27)6-15-9-21(36-3)25(32)22(10-15)37-4/h7-10,16-18,23,26-33H,5-6,11-13H2,1-4H3/t16-,17-,18+,23-,26+,27+/m0/s1. The van der Waals surface area contributed by atoms with Crippen molar-refractivity contribution in [1.29, 1.82) is 0 Å². The highest BCUT2D eigenvalue weighted by molar-refractivity contribution is 5.53. The first-order valence-corrected chi connectivity index (χ1v) is 12.4. The minimum absolute atomic E-state index is 0.00632. The SMILES string of the molecule is COc1cc(C[C@@H](CO)[C@H](CO[C@@H]2OC[C@@H](O)[C@H](O)[C@H]2O)Cc2cc(OC)c(O)c(OC)c2)cc(OC)c1O. The van der Waals surface area contributed by atoms with E-state index in [-0.39, 0.29) is 60.2 Å². The Kier molecular flexibility index (Phi) is 10.9. The Hall–Kier alpha value is -3.00. The number of aromatic hydroxyl groups is 2. The van der Waals surface area contributed by atoms with Crippen LogP contribution >= 0.6 is 0 Å². The van der Waals surface area contributed by atoms with Crippen LogP contribution in [0.3, 0.4) is 0 Å². The lowest BCUT2D eigenvalue weighted by Gasteiger charge is -2.36. The van der Waals surface area contributed by atoms with Crippen molar-refractivity contribution in [2.24, 2.45) is 11.8 Å². The Morgan fingerprint density at radius 2 is 1.18 bits per heavy atom. The van der Waals surface area contributed by atoms with E-state index in [4.69, 9.17) is 28.4 Å². The number of phenols is 2. The first kappa shape index (κ1) is 30.5. The van der Waals surface area contributed by atoms with Gasteiger partial charge < -0.3 is 59.1 Å². The monoisotopic (exact) mass is 554 g/mol. The molecule has 0 spiro atoms. The molecule has 6 N–H and O–H groups in total. The number of methoxy groups -OCH3 is 4. The van der Waals surface area contributed by atoms with Crippen LogP contribution in [0.15, 0.2) is 24.3 Å². The zero-order chi connectivity index (χ0) is 28.7. The minimum Gasteiger partial charge on any atom is -0.502 e. The Bertz CT molecular complexity index is 1030. The molecule has 6 atom stereocenters. The average molecular weight is 555 g/mol. The molecule has 218 valence electrons. The van der Waals surface area contributed by atoms with Crippen LogP contribution < -0.4 is 18.9 Å². The Morgan fingerprint density at radius 1 is 0.744 bits per heavy atom. The van der Waals surface area contributed by atoms with Crippen molar-refractivity contribution in [3.63, 3.8) is 0 Å². The van der Waals surface area contributed by atoms with E-state index in [1.165, 1.54) is 28.4 Å². The van der Waals surface area contributed by atoms with Gasteiger partial charge in [-0.05, 0) is 60.1 Å². The molecule has 3 rings (SSSR count). The van der Waals surface area contributed by atoms with Gasteiger partial charge in [0.1, 0.15) is 18.3 Å². The summed E-state index contributed by atoms with van der Waals surface area (Å²) in [6.45, 7) is -0.467. The number of aliphatic hydroxyl groups excluding tert-OH is 4. The summed E-state index contributed by atoms with van der Waals surface area (Å²) >= 11 is 0. The summed E-state index contributed by atoms with van der Waals surface area (Å²) in [5.74, 6) is -0.241. The van der Waals surface area contributed by atoms with Gasteiger partial charge in [0.25, 0.3) is 0 Å². The third-order valence-corrected chi connectivity index (χ3v) is 6.90. The Balaban J connectivity index is 1.91. The van der Waals surface area contributed by atoms with Crippen LogP contribution in [0.2, 0.25) is 0 Å². The zero-order valence-electron chi connectivity index (χ0n) is 22.4.